The van der Waals surface area contributed by atoms with Gasteiger partial charge in [-0.25, -0.2) is 0 Å². The molecule has 0 amide bonds. The van der Waals surface area contributed by atoms with E-state index >= 15 is 0 Å². The highest BCUT2D eigenvalue weighted by molar-refractivity contribution is 6.73. The van der Waals surface area contributed by atoms with Gasteiger partial charge in [0.25, 0.3) is 0 Å². The fourth-order valence-corrected chi connectivity index (χ4v) is 11.0. The molecule has 4 heteroatoms. The summed E-state index contributed by atoms with van der Waals surface area (Å²) < 4.78 is 2.58. The van der Waals surface area contributed by atoms with E-state index < -0.39 is 0 Å². The van der Waals surface area contributed by atoms with E-state index in [1.807, 2.05) is 0 Å². The first-order valence-corrected chi connectivity index (χ1v) is 23.7. The number of nitrogens with zero attached hydrogens (tertiary/aromatic N) is 2. The van der Waals surface area contributed by atoms with Crippen LogP contribution in [0, 0.1) is 0 Å². The fraction of sp³-hybridized carbons (Fsp3) is 0.129. The summed E-state index contributed by atoms with van der Waals surface area (Å²) in [7, 11) is 2.49. The van der Waals surface area contributed by atoms with Gasteiger partial charge in [-0.2, -0.15) is 0 Å². The van der Waals surface area contributed by atoms with Crippen LogP contribution in [0.25, 0.3) is 60.9 Å². The summed E-state index contributed by atoms with van der Waals surface area (Å²) in [6.07, 6.45) is 4.80. The van der Waals surface area contributed by atoms with Gasteiger partial charge in [0.2, 0.25) is 0 Å². The zero-order valence-corrected chi connectivity index (χ0v) is 37.9. The minimum absolute atomic E-state index is 0.127. The van der Waals surface area contributed by atoms with Crippen molar-refractivity contribution in [2.24, 2.45) is 0 Å². The number of aryl methyl sites for hydroxylation is 1. The summed E-state index contributed by atoms with van der Waals surface area (Å²) in [5.41, 5.74) is 23.0. The number of nitrogens with one attached hydrogen (secondary N) is 1. The minimum atomic E-state index is -0.127. The van der Waals surface area contributed by atoms with Crippen molar-refractivity contribution in [3.8, 4) is 39.1 Å². The molecule has 1 radical (unpaired) electrons. The van der Waals surface area contributed by atoms with Gasteiger partial charge in [-0.1, -0.05) is 166 Å². The molecular formula is C62H51BN3. The van der Waals surface area contributed by atoms with E-state index in [1.54, 1.807) is 0 Å². The van der Waals surface area contributed by atoms with Crippen LogP contribution in [-0.2, 0) is 11.8 Å². The summed E-state index contributed by atoms with van der Waals surface area (Å²) in [4.78, 5) is 2.37. The Hall–Kier alpha value is -7.56. The molecule has 10 aromatic rings. The third kappa shape index (κ3) is 6.58. The van der Waals surface area contributed by atoms with Gasteiger partial charge in [0, 0.05) is 61.4 Å². The Morgan fingerprint density at radius 1 is 0.545 bits per heavy atom. The van der Waals surface area contributed by atoms with Gasteiger partial charge >= 0.3 is 0 Å². The van der Waals surface area contributed by atoms with Crippen LogP contribution in [0.3, 0.4) is 0 Å². The molecule has 0 fully saturated rings. The Balaban J connectivity index is 1.14. The largest absolute Gasteiger partial charge is 0.355 e. The Morgan fingerprint density at radius 2 is 1.23 bits per heavy atom. The lowest BCUT2D eigenvalue weighted by Gasteiger charge is -2.29. The Kier molecular flexibility index (Phi) is 9.79. The summed E-state index contributed by atoms with van der Waals surface area (Å²) in [6.45, 7) is 7.04. The van der Waals surface area contributed by atoms with Crippen LogP contribution in [0.5, 0.6) is 0 Å². The summed E-state index contributed by atoms with van der Waals surface area (Å²) in [5.74, 6) is 0. The molecule has 0 atom stereocenters. The molecule has 66 heavy (non-hydrogen) atoms. The molecule has 0 unspecified atom stereocenters. The third-order valence-electron chi connectivity index (χ3n) is 14.2. The molecule has 0 spiro atoms. The van der Waals surface area contributed by atoms with Gasteiger partial charge in [0.15, 0.2) is 7.28 Å². The first-order chi connectivity index (χ1) is 32.5. The number of aromatic nitrogens is 1. The van der Waals surface area contributed by atoms with Gasteiger partial charge in [0.05, 0.1) is 5.52 Å². The van der Waals surface area contributed by atoms with Crippen molar-refractivity contribution in [1.29, 1.82) is 0 Å². The highest BCUT2D eigenvalue weighted by Gasteiger charge is 2.38. The number of fused-ring (bicyclic) bond motifs is 8. The number of hydrogen-bond donors (Lipinski definition) is 1. The maximum atomic E-state index is 3.96. The molecule has 1 aliphatic heterocycles. The van der Waals surface area contributed by atoms with Crippen molar-refractivity contribution in [2.45, 2.75) is 51.9 Å². The maximum Gasteiger partial charge on any atom is 0.197 e. The molecule has 317 valence electrons. The lowest BCUT2D eigenvalue weighted by molar-refractivity contribution is 0.661. The first kappa shape index (κ1) is 40.0. The standard InChI is InChI=1S/C62H51BN3/c1-4-5-9-20-41-31-33-43(34-32-41)64-56-36-35-46(65(44-23-12-7-13-24-44)45-25-14-8-15-26-45)37-51(56)52-38-49(42-21-10-6-11-22-42)59-48-28-17-19-30-57(48)66-58-39-50-47-27-16-18-29-53(47)62(2,3)54(50)40-55(58)63-60(52)61(59)66/h6-8,10-19,21-40,64H,4-5,9,20H2,1-3H3. The van der Waals surface area contributed by atoms with Crippen molar-refractivity contribution < 1.29 is 0 Å². The van der Waals surface area contributed by atoms with Crippen molar-refractivity contribution in [3.05, 3.63) is 217 Å². The van der Waals surface area contributed by atoms with E-state index in [1.165, 1.54) is 102 Å². The quantitative estimate of drug-likeness (QED) is 0.103. The van der Waals surface area contributed by atoms with Gasteiger partial charge in [-0.3, -0.25) is 0 Å². The predicted octanol–water partition coefficient (Wildman–Crippen LogP) is 15.3. The minimum Gasteiger partial charge on any atom is -0.355 e. The zero-order valence-electron chi connectivity index (χ0n) is 37.9. The van der Waals surface area contributed by atoms with E-state index in [2.05, 4.69) is 243 Å². The van der Waals surface area contributed by atoms with E-state index in [-0.39, 0.29) is 5.41 Å². The average molecular weight is 849 g/mol. The monoisotopic (exact) mass is 848 g/mol. The van der Waals surface area contributed by atoms with Crippen LogP contribution in [0.2, 0.25) is 0 Å². The van der Waals surface area contributed by atoms with Crippen molar-refractivity contribution in [3.63, 3.8) is 0 Å². The normalized spacial score (nSPS) is 13.0. The summed E-state index contributed by atoms with van der Waals surface area (Å²) >= 11 is 0. The van der Waals surface area contributed by atoms with Crippen LogP contribution < -0.4 is 21.1 Å². The maximum absolute atomic E-state index is 3.96. The van der Waals surface area contributed by atoms with E-state index in [9.17, 15) is 0 Å². The molecule has 0 bridgehead atoms. The molecule has 12 rings (SSSR count). The second-order valence-electron chi connectivity index (χ2n) is 18.6. The molecule has 2 aliphatic rings. The molecule has 3 nitrogen and oxygen atoms in total. The van der Waals surface area contributed by atoms with Gasteiger partial charge < -0.3 is 14.8 Å². The van der Waals surface area contributed by atoms with E-state index in [0.717, 1.165) is 40.4 Å². The van der Waals surface area contributed by atoms with Crippen molar-refractivity contribution in [2.75, 3.05) is 10.2 Å². The van der Waals surface area contributed by atoms with Crippen LogP contribution in [0.15, 0.2) is 200 Å². The van der Waals surface area contributed by atoms with Gasteiger partial charge in [0.1, 0.15) is 0 Å². The number of benzene rings is 9. The van der Waals surface area contributed by atoms with Gasteiger partial charge in [-0.15, -0.1) is 0 Å². The Bertz CT molecular complexity index is 3400. The average Bonchev–Trinajstić information content (AvgIpc) is 3.82. The van der Waals surface area contributed by atoms with E-state index in [0.29, 0.717) is 0 Å². The highest BCUT2D eigenvalue weighted by Crippen LogP contribution is 2.50. The Morgan fingerprint density at radius 3 is 1.97 bits per heavy atom. The number of rotatable bonds is 11. The lowest BCUT2D eigenvalue weighted by Crippen LogP contribution is -2.38. The molecule has 9 aromatic carbocycles. The smallest absolute Gasteiger partial charge is 0.197 e. The third-order valence-corrected chi connectivity index (χ3v) is 14.2. The van der Waals surface area contributed by atoms with Crippen LogP contribution in [-0.4, -0.2) is 11.8 Å². The number of unbranched alkanes of at least 4 members (excludes halogenated alkanes) is 2. The molecular weight excluding hydrogens is 798 g/mol. The Labute approximate surface area is 389 Å². The topological polar surface area (TPSA) is 20.2 Å². The van der Waals surface area contributed by atoms with Crippen molar-refractivity contribution in [1.82, 2.24) is 4.57 Å². The van der Waals surface area contributed by atoms with Crippen LogP contribution >= 0.6 is 0 Å². The number of para-hydroxylation sites is 3. The SMILES string of the molecule is CCCCCc1ccc(Nc2ccc(N(c3ccccc3)c3ccccc3)cc2-c2cc(-c3ccccc3)c3c4ccccc4n4c3c2[B]c2cc3c(cc2-4)-c2ccccc2C3(C)C)cc1. The lowest BCUT2D eigenvalue weighted by atomic mass is 9.58. The molecule has 0 saturated heterocycles. The summed E-state index contributed by atoms with van der Waals surface area (Å²) in [6, 6.07) is 74.0. The second kappa shape index (κ2) is 16.2. The van der Waals surface area contributed by atoms with Gasteiger partial charge in [-0.05, 0) is 136 Å². The molecule has 1 aliphatic carbocycles. The van der Waals surface area contributed by atoms with Crippen LogP contribution in [0.4, 0.5) is 28.4 Å². The van der Waals surface area contributed by atoms with Crippen LogP contribution in [0.1, 0.15) is 56.7 Å². The number of anilines is 5. The summed E-state index contributed by atoms with van der Waals surface area (Å²) in [5, 5.41) is 6.50. The zero-order chi connectivity index (χ0) is 44.4. The molecule has 0 saturated carbocycles. The first-order valence-electron chi connectivity index (χ1n) is 23.7. The predicted molar refractivity (Wildman–Crippen MR) is 282 cm³/mol. The molecule has 1 aromatic heterocycles. The second-order valence-corrected chi connectivity index (χ2v) is 18.6. The number of hydrogen-bond acceptors (Lipinski definition) is 2. The molecule has 2 heterocycles. The fourth-order valence-electron chi connectivity index (χ4n) is 11.0. The molecule has 1 N–H and O–H groups in total. The van der Waals surface area contributed by atoms with Crippen molar-refractivity contribution >= 4 is 68.4 Å². The van der Waals surface area contributed by atoms with E-state index in [4.69, 9.17) is 0 Å². The highest BCUT2D eigenvalue weighted by atomic mass is 15.1.